The highest BCUT2D eigenvalue weighted by molar-refractivity contribution is 5.76. The number of hydrogen-bond donors (Lipinski definition) is 9. The number of amides is 1. The first-order chi connectivity index (χ1) is 40.1. The van der Waals surface area contributed by atoms with E-state index in [0.29, 0.717) is 12.8 Å². The van der Waals surface area contributed by atoms with Crippen LogP contribution in [0.4, 0.5) is 0 Å². The number of ether oxygens (including phenoxy) is 4. The number of carbonyl (C=O) groups is 1. The second kappa shape index (κ2) is 52.0. The van der Waals surface area contributed by atoms with Crippen molar-refractivity contribution in [3.63, 3.8) is 0 Å². The zero-order valence-corrected chi connectivity index (χ0v) is 50.7. The van der Waals surface area contributed by atoms with Crippen LogP contribution in [0.3, 0.4) is 0 Å². The number of nitrogens with one attached hydrogen (secondary N) is 1. The predicted molar refractivity (Wildman–Crippen MR) is 332 cm³/mol. The van der Waals surface area contributed by atoms with E-state index in [0.717, 1.165) is 89.9 Å². The van der Waals surface area contributed by atoms with Gasteiger partial charge in [-0.3, -0.25) is 4.79 Å². The summed E-state index contributed by atoms with van der Waals surface area (Å²) in [5.41, 5.74) is 0. The zero-order chi connectivity index (χ0) is 59.5. The van der Waals surface area contributed by atoms with E-state index in [1.54, 1.807) is 6.08 Å². The lowest BCUT2D eigenvalue weighted by Gasteiger charge is -2.46. The maximum absolute atomic E-state index is 13.3. The van der Waals surface area contributed by atoms with Crippen molar-refractivity contribution in [3.8, 4) is 0 Å². The number of allylic oxidation sites excluding steroid dienone is 17. The van der Waals surface area contributed by atoms with Crippen molar-refractivity contribution in [2.45, 2.75) is 293 Å². The van der Waals surface area contributed by atoms with Gasteiger partial charge in [0.05, 0.1) is 32.0 Å². The summed E-state index contributed by atoms with van der Waals surface area (Å²) in [5.74, 6) is -0.262. The molecule has 0 aromatic rings. The Bertz CT molecular complexity index is 1790. The summed E-state index contributed by atoms with van der Waals surface area (Å²) < 4.78 is 22.8. The van der Waals surface area contributed by atoms with Crippen molar-refractivity contribution in [2.24, 2.45) is 0 Å². The summed E-state index contributed by atoms with van der Waals surface area (Å²) in [6, 6.07) is -0.948. The molecule has 2 aliphatic heterocycles. The van der Waals surface area contributed by atoms with Gasteiger partial charge in [0.15, 0.2) is 12.6 Å². The van der Waals surface area contributed by atoms with Gasteiger partial charge in [-0.15, -0.1) is 0 Å². The second-order valence-electron chi connectivity index (χ2n) is 22.1. The molecule has 2 heterocycles. The lowest BCUT2D eigenvalue weighted by Crippen LogP contribution is -2.65. The molecule has 2 saturated heterocycles. The van der Waals surface area contributed by atoms with Gasteiger partial charge >= 0.3 is 0 Å². The van der Waals surface area contributed by atoms with Crippen LogP contribution in [0.2, 0.25) is 0 Å². The number of hydrogen-bond acceptors (Lipinski definition) is 13. The van der Waals surface area contributed by atoms with E-state index in [1.807, 2.05) is 6.08 Å². The van der Waals surface area contributed by atoms with Crippen molar-refractivity contribution < 1.29 is 64.6 Å². The van der Waals surface area contributed by atoms with E-state index in [4.69, 9.17) is 18.9 Å². The fourth-order valence-electron chi connectivity index (χ4n) is 9.80. The first-order valence-electron chi connectivity index (χ1n) is 32.1. The molecule has 2 rings (SSSR count). The van der Waals surface area contributed by atoms with Gasteiger partial charge in [0.1, 0.15) is 48.8 Å². The zero-order valence-electron chi connectivity index (χ0n) is 50.7. The fourth-order valence-corrected chi connectivity index (χ4v) is 9.80. The third-order valence-electron chi connectivity index (χ3n) is 14.9. The van der Waals surface area contributed by atoms with Crippen LogP contribution in [-0.2, 0) is 23.7 Å². The topological polar surface area (TPSA) is 228 Å². The van der Waals surface area contributed by atoms with Crippen LogP contribution in [0.5, 0.6) is 0 Å². The number of unbranched alkanes of at least 4 members (excludes halogenated alkanes) is 21. The van der Waals surface area contributed by atoms with Crippen LogP contribution >= 0.6 is 0 Å². The molecule has 82 heavy (non-hydrogen) atoms. The monoisotopic (exact) mass is 1150 g/mol. The molecule has 0 spiro atoms. The number of aliphatic hydroxyl groups is 8. The van der Waals surface area contributed by atoms with Crippen molar-refractivity contribution in [2.75, 3.05) is 19.8 Å². The minimum absolute atomic E-state index is 0.258. The van der Waals surface area contributed by atoms with E-state index in [-0.39, 0.29) is 18.9 Å². The Balaban J connectivity index is 1.74. The summed E-state index contributed by atoms with van der Waals surface area (Å²) in [4.78, 5) is 13.3. The molecule has 12 unspecified atom stereocenters. The molecule has 2 fully saturated rings. The minimum atomic E-state index is -1.80. The quantitative estimate of drug-likeness (QED) is 0.0204. The van der Waals surface area contributed by atoms with Gasteiger partial charge in [-0.05, 0) is 96.3 Å². The maximum atomic E-state index is 13.3. The van der Waals surface area contributed by atoms with Gasteiger partial charge < -0.3 is 65.1 Å². The van der Waals surface area contributed by atoms with Crippen LogP contribution in [-0.4, -0.2) is 140 Å². The minimum Gasteiger partial charge on any atom is -0.394 e. The summed E-state index contributed by atoms with van der Waals surface area (Å²) in [7, 11) is 0. The molecule has 9 N–H and O–H groups in total. The highest BCUT2D eigenvalue weighted by atomic mass is 16.7. The third kappa shape index (κ3) is 36.5. The summed E-state index contributed by atoms with van der Waals surface area (Å²) in [5, 5.41) is 87.2. The Labute approximate surface area is 495 Å². The normalized spacial score (nSPS) is 24.7. The van der Waals surface area contributed by atoms with Crippen LogP contribution in [0.25, 0.3) is 0 Å². The van der Waals surface area contributed by atoms with Crippen LogP contribution in [0.15, 0.2) is 109 Å². The first-order valence-corrected chi connectivity index (χ1v) is 32.1. The van der Waals surface area contributed by atoms with E-state index >= 15 is 0 Å². The Morgan fingerprint density at radius 2 is 0.854 bits per heavy atom. The predicted octanol–water partition coefficient (Wildman–Crippen LogP) is 12.0. The van der Waals surface area contributed by atoms with E-state index in [2.05, 4.69) is 116 Å². The summed E-state index contributed by atoms with van der Waals surface area (Å²) in [6.07, 6.45) is 56.9. The van der Waals surface area contributed by atoms with Crippen LogP contribution < -0.4 is 5.32 Å². The van der Waals surface area contributed by atoms with Gasteiger partial charge in [0.25, 0.3) is 0 Å². The van der Waals surface area contributed by atoms with Gasteiger partial charge in [0, 0.05) is 6.42 Å². The summed E-state index contributed by atoms with van der Waals surface area (Å²) in [6.45, 7) is 2.65. The molecule has 14 heteroatoms. The van der Waals surface area contributed by atoms with Crippen molar-refractivity contribution >= 4 is 5.91 Å². The summed E-state index contributed by atoms with van der Waals surface area (Å²) >= 11 is 0. The highest BCUT2D eigenvalue weighted by Gasteiger charge is 2.51. The van der Waals surface area contributed by atoms with Gasteiger partial charge in [0.2, 0.25) is 5.91 Å². The molecule has 1 amide bonds. The molecule has 12 atom stereocenters. The van der Waals surface area contributed by atoms with Crippen LogP contribution in [0.1, 0.15) is 219 Å². The molecule has 0 aliphatic carbocycles. The molecule has 0 aromatic heterocycles. The van der Waals surface area contributed by atoms with Crippen molar-refractivity contribution in [1.29, 1.82) is 0 Å². The Kier molecular flexibility index (Phi) is 47.4. The largest absolute Gasteiger partial charge is 0.394 e. The first kappa shape index (κ1) is 74.7. The number of carbonyl (C=O) groups excluding carboxylic acids is 1. The molecule has 470 valence electrons. The molecule has 2 aliphatic rings. The molecule has 0 aromatic carbocycles. The van der Waals surface area contributed by atoms with Crippen LogP contribution in [0, 0.1) is 0 Å². The SMILES string of the molecule is CC/C=C\C/C=C\C/C=C\C/C=C\C/C=C\C/C=C\CCCCCCCCCCCCC(=O)NC(COC1OC(CO)C(OC2OC(CO)C(O)C(O)C2O)C(O)C1O)C(O)/C=C/CC/C=C/CC/C=C/CCCCCCCCCCC. The van der Waals surface area contributed by atoms with E-state index < -0.39 is 86.8 Å². The fraction of sp³-hybridized carbons (Fsp3) is 0.721. The molecule has 0 saturated carbocycles. The molecule has 0 bridgehead atoms. The third-order valence-corrected chi connectivity index (χ3v) is 14.9. The van der Waals surface area contributed by atoms with Gasteiger partial charge in [-0.2, -0.15) is 0 Å². The Morgan fingerprint density at radius 1 is 0.451 bits per heavy atom. The number of aliphatic hydroxyl groups excluding tert-OH is 8. The Morgan fingerprint density at radius 3 is 1.34 bits per heavy atom. The van der Waals surface area contributed by atoms with E-state index in [1.165, 1.54) is 96.3 Å². The van der Waals surface area contributed by atoms with Crippen molar-refractivity contribution in [1.82, 2.24) is 5.32 Å². The highest BCUT2D eigenvalue weighted by Crippen LogP contribution is 2.30. The average Bonchev–Trinajstić information content (AvgIpc) is 3.65. The van der Waals surface area contributed by atoms with E-state index in [9.17, 15) is 45.6 Å². The maximum Gasteiger partial charge on any atom is 0.220 e. The average molecular weight is 1150 g/mol. The van der Waals surface area contributed by atoms with Gasteiger partial charge in [-0.1, -0.05) is 226 Å². The lowest BCUT2D eigenvalue weighted by molar-refractivity contribution is -0.359. The smallest absolute Gasteiger partial charge is 0.220 e. The lowest BCUT2D eigenvalue weighted by atomic mass is 9.97. The standard InChI is InChI=1S/C68H115NO13/c1-3-5-7-9-11-13-15-17-19-21-23-24-25-26-27-28-29-30-31-32-34-36-38-40-42-44-46-48-50-52-60(73)69-56(57(72)51-49-47-45-43-41-39-37-35-33-22-20-18-16-14-12-10-8-6-4-2)55-79-67-65(78)63(76)66(59(54-71)81-67)82-68-64(77)62(75)61(74)58(53-70)80-68/h5,7,11,13,17,19,23-24,26-27,29-30,33,35,41,43,49,51,56-59,61-68,70-72,74-78H,3-4,6,8-10,12,14-16,18,20-22,25,28,31-32,34,36-40,42,44-48,50,52-55H2,1-2H3,(H,69,73)/b7-5-,13-11-,19-17-,24-23-,27-26-,30-29-,35-33+,43-41+,51-49+. The van der Waals surface area contributed by atoms with Gasteiger partial charge in [-0.25, -0.2) is 0 Å². The Hall–Kier alpha value is -3.35. The molecular weight excluding hydrogens is 1040 g/mol. The molecular formula is C68H115NO13. The van der Waals surface area contributed by atoms with Crippen molar-refractivity contribution in [3.05, 3.63) is 109 Å². The number of rotatable bonds is 50. The molecule has 14 nitrogen and oxygen atoms in total. The second-order valence-corrected chi connectivity index (χ2v) is 22.1. The molecule has 0 radical (unpaired) electrons.